The van der Waals surface area contributed by atoms with Gasteiger partial charge in [0.05, 0.1) is 0 Å². The van der Waals surface area contributed by atoms with Gasteiger partial charge in [-0.2, -0.15) is 0 Å². The van der Waals surface area contributed by atoms with Crippen LogP contribution in [0.25, 0.3) is 0 Å². The summed E-state index contributed by atoms with van der Waals surface area (Å²) < 4.78 is 13.2. The van der Waals surface area contributed by atoms with Gasteiger partial charge in [0.1, 0.15) is 10.8 Å². The average Bonchev–Trinajstić information content (AvgIpc) is 2.79. The Kier molecular flexibility index (Phi) is 4.30. The maximum absolute atomic E-state index is 13.2. The zero-order valence-electron chi connectivity index (χ0n) is 10.7. The summed E-state index contributed by atoms with van der Waals surface area (Å²) in [5, 5.41) is 0. The van der Waals surface area contributed by atoms with Crippen LogP contribution in [0.4, 0.5) is 4.39 Å². The molecule has 1 fully saturated rings. The molecule has 1 saturated heterocycles. The standard InChI is InChI=1S/C14H19FN2S/c1-2-10-5-6-17(8-10)9-11-3-4-12(15)7-13(11)14(16)18/h3-4,7,10H,2,5-6,8-9H2,1H3,(H2,16,18). The third kappa shape index (κ3) is 3.06. The monoisotopic (exact) mass is 266 g/mol. The van der Waals surface area contributed by atoms with Gasteiger partial charge in [0, 0.05) is 18.7 Å². The maximum atomic E-state index is 13.2. The minimum absolute atomic E-state index is 0.274. The van der Waals surface area contributed by atoms with Crippen LogP contribution < -0.4 is 5.73 Å². The van der Waals surface area contributed by atoms with Crippen molar-refractivity contribution < 1.29 is 4.39 Å². The molecule has 0 spiro atoms. The first-order valence-corrected chi connectivity index (χ1v) is 6.81. The van der Waals surface area contributed by atoms with E-state index in [-0.39, 0.29) is 10.8 Å². The molecule has 2 N–H and O–H groups in total. The molecule has 1 unspecified atom stereocenters. The van der Waals surface area contributed by atoms with Gasteiger partial charge in [0.2, 0.25) is 0 Å². The molecule has 0 bridgehead atoms. The summed E-state index contributed by atoms with van der Waals surface area (Å²) >= 11 is 4.99. The van der Waals surface area contributed by atoms with Crippen LogP contribution in [0.15, 0.2) is 18.2 Å². The molecule has 4 heteroatoms. The minimum Gasteiger partial charge on any atom is -0.389 e. The second-order valence-corrected chi connectivity index (χ2v) is 5.40. The van der Waals surface area contributed by atoms with Crippen molar-refractivity contribution in [3.05, 3.63) is 35.1 Å². The first kappa shape index (κ1) is 13.4. The smallest absolute Gasteiger partial charge is 0.123 e. The Morgan fingerprint density at radius 3 is 2.94 bits per heavy atom. The predicted molar refractivity (Wildman–Crippen MR) is 76.0 cm³/mol. The van der Waals surface area contributed by atoms with Crippen LogP contribution in [0.3, 0.4) is 0 Å². The normalized spacial score (nSPS) is 20.2. The first-order chi connectivity index (χ1) is 8.60. The number of halogens is 1. The number of likely N-dealkylation sites (tertiary alicyclic amines) is 1. The van der Waals surface area contributed by atoms with Crippen molar-refractivity contribution in [1.29, 1.82) is 0 Å². The highest BCUT2D eigenvalue weighted by Gasteiger charge is 2.21. The lowest BCUT2D eigenvalue weighted by atomic mass is 10.1. The van der Waals surface area contributed by atoms with Crippen molar-refractivity contribution in [2.45, 2.75) is 26.3 Å². The van der Waals surface area contributed by atoms with Gasteiger partial charge in [-0.05, 0) is 36.6 Å². The fraction of sp³-hybridized carbons (Fsp3) is 0.500. The highest BCUT2D eigenvalue weighted by atomic mass is 32.1. The fourth-order valence-corrected chi connectivity index (χ4v) is 2.74. The summed E-state index contributed by atoms with van der Waals surface area (Å²) in [4.78, 5) is 2.67. The third-order valence-corrected chi connectivity index (χ3v) is 3.90. The van der Waals surface area contributed by atoms with E-state index in [0.29, 0.717) is 5.56 Å². The van der Waals surface area contributed by atoms with Gasteiger partial charge in [-0.1, -0.05) is 31.6 Å². The van der Waals surface area contributed by atoms with Crippen molar-refractivity contribution >= 4 is 17.2 Å². The second kappa shape index (κ2) is 5.76. The number of hydrogen-bond acceptors (Lipinski definition) is 2. The molecule has 0 saturated carbocycles. The molecule has 1 aliphatic rings. The topological polar surface area (TPSA) is 29.3 Å². The van der Waals surface area contributed by atoms with E-state index in [2.05, 4.69) is 11.8 Å². The number of rotatable bonds is 4. The number of nitrogens with zero attached hydrogens (tertiary/aromatic N) is 1. The van der Waals surface area contributed by atoms with E-state index in [1.165, 1.54) is 25.0 Å². The fourth-order valence-electron chi connectivity index (χ4n) is 2.55. The van der Waals surface area contributed by atoms with Crippen LogP contribution in [-0.4, -0.2) is 23.0 Å². The quantitative estimate of drug-likeness (QED) is 0.850. The van der Waals surface area contributed by atoms with Crippen molar-refractivity contribution in [2.24, 2.45) is 11.7 Å². The Labute approximate surface area is 113 Å². The van der Waals surface area contributed by atoms with Crippen LogP contribution in [0.5, 0.6) is 0 Å². The molecule has 98 valence electrons. The first-order valence-electron chi connectivity index (χ1n) is 6.40. The number of hydrogen-bond donors (Lipinski definition) is 1. The zero-order valence-corrected chi connectivity index (χ0v) is 11.5. The summed E-state index contributed by atoms with van der Waals surface area (Å²) in [6, 6.07) is 4.71. The molecule has 18 heavy (non-hydrogen) atoms. The van der Waals surface area contributed by atoms with Gasteiger partial charge in [-0.3, -0.25) is 4.90 Å². The Bertz CT molecular complexity index is 447. The van der Waals surface area contributed by atoms with Crippen LogP contribution in [0.2, 0.25) is 0 Å². The molecule has 2 rings (SSSR count). The minimum atomic E-state index is -0.283. The van der Waals surface area contributed by atoms with Crippen LogP contribution in [-0.2, 0) is 6.54 Å². The number of thiocarbonyl (C=S) groups is 1. The van der Waals surface area contributed by atoms with Gasteiger partial charge in [0.25, 0.3) is 0 Å². The lowest BCUT2D eigenvalue weighted by molar-refractivity contribution is 0.315. The summed E-state index contributed by atoms with van der Waals surface area (Å²) in [6.07, 6.45) is 2.47. The SMILES string of the molecule is CCC1CCN(Cc2ccc(F)cc2C(N)=S)C1. The summed E-state index contributed by atoms with van der Waals surface area (Å²) in [7, 11) is 0. The van der Waals surface area contributed by atoms with Crippen molar-refractivity contribution in [1.82, 2.24) is 4.90 Å². The lowest BCUT2D eigenvalue weighted by Crippen LogP contribution is -2.23. The number of benzene rings is 1. The van der Waals surface area contributed by atoms with Gasteiger partial charge in [0.15, 0.2) is 0 Å². The zero-order chi connectivity index (χ0) is 13.1. The molecule has 1 heterocycles. The molecule has 1 atom stereocenters. The molecule has 0 aromatic heterocycles. The molecule has 2 nitrogen and oxygen atoms in total. The highest BCUT2D eigenvalue weighted by molar-refractivity contribution is 7.80. The molecule has 1 aromatic rings. The maximum Gasteiger partial charge on any atom is 0.123 e. The molecular formula is C14H19FN2S. The second-order valence-electron chi connectivity index (χ2n) is 4.96. The highest BCUT2D eigenvalue weighted by Crippen LogP contribution is 2.22. The predicted octanol–water partition coefficient (Wildman–Crippen LogP) is 2.69. The molecule has 0 radical (unpaired) electrons. The molecule has 1 aromatic carbocycles. The summed E-state index contributed by atoms with van der Waals surface area (Å²) in [6.45, 7) is 5.26. The molecular weight excluding hydrogens is 247 g/mol. The van der Waals surface area contributed by atoms with Gasteiger partial charge in [-0.25, -0.2) is 4.39 Å². The molecule has 0 amide bonds. The third-order valence-electron chi connectivity index (χ3n) is 3.68. The van der Waals surface area contributed by atoms with Crippen molar-refractivity contribution in [3.8, 4) is 0 Å². The van der Waals surface area contributed by atoms with E-state index in [9.17, 15) is 4.39 Å². The largest absolute Gasteiger partial charge is 0.389 e. The lowest BCUT2D eigenvalue weighted by Gasteiger charge is -2.18. The Hall–Kier alpha value is -1.00. The van der Waals surface area contributed by atoms with E-state index >= 15 is 0 Å². The van der Waals surface area contributed by atoms with E-state index in [0.717, 1.165) is 31.1 Å². The summed E-state index contributed by atoms with van der Waals surface area (Å²) in [5.74, 6) is 0.508. The average molecular weight is 266 g/mol. The van der Waals surface area contributed by atoms with E-state index in [1.54, 1.807) is 6.07 Å². The number of nitrogens with two attached hydrogens (primary N) is 1. The van der Waals surface area contributed by atoms with E-state index < -0.39 is 0 Å². The van der Waals surface area contributed by atoms with E-state index in [1.807, 2.05) is 0 Å². The molecule has 0 aliphatic carbocycles. The van der Waals surface area contributed by atoms with Gasteiger partial charge >= 0.3 is 0 Å². The Morgan fingerprint density at radius 2 is 2.33 bits per heavy atom. The van der Waals surface area contributed by atoms with Gasteiger partial charge in [-0.15, -0.1) is 0 Å². The Balaban J connectivity index is 2.12. The van der Waals surface area contributed by atoms with Crippen molar-refractivity contribution in [2.75, 3.05) is 13.1 Å². The van der Waals surface area contributed by atoms with Crippen LogP contribution in [0, 0.1) is 11.7 Å². The van der Waals surface area contributed by atoms with Crippen LogP contribution in [0.1, 0.15) is 30.9 Å². The Morgan fingerprint density at radius 1 is 1.56 bits per heavy atom. The molecule has 1 aliphatic heterocycles. The van der Waals surface area contributed by atoms with Crippen LogP contribution >= 0.6 is 12.2 Å². The van der Waals surface area contributed by atoms with Crippen molar-refractivity contribution in [3.63, 3.8) is 0 Å². The van der Waals surface area contributed by atoms with E-state index in [4.69, 9.17) is 18.0 Å². The summed E-state index contributed by atoms with van der Waals surface area (Å²) in [5.41, 5.74) is 7.36. The van der Waals surface area contributed by atoms with Gasteiger partial charge < -0.3 is 5.73 Å².